The molecule has 4 heteroatoms. The van der Waals surface area contributed by atoms with E-state index in [2.05, 4.69) is 0 Å². The summed E-state index contributed by atoms with van der Waals surface area (Å²) < 4.78 is 5.60. The maximum absolute atomic E-state index is 8.94. The molecule has 2 aromatic carbocycles. The lowest BCUT2D eigenvalue weighted by molar-refractivity contribution is 0.281. The minimum Gasteiger partial charge on any atom is -0.487 e. The molecule has 0 saturated carbocycles. The summed E-state index contributed by atoms with van der Waals surface area (Å²) in [5.74, 6) is 0.565. The topological polar surface area (TPSA) is 29.5 Å². The molecular weight excluding hydrogens is 271 g/mol. The Kier molecular flexibility index (Phi) is 4.48. The van der Waals surface area contributed by atoms with Gasteiger partial charge in [0.05, 0.1) is 11.6 Å². The van der Waals surface area contributed by atoms with Gasteiger partial charge in [-0.2, -0.15) is 0 Å². The zero-order valence-corrected chi connectivity index (χ0v) is 11.1. The molecule has 0 unspecified atom stereocenters. The van der Waals surface area contributed by atoms with Crippen molar-refractivity contribution in [3.63, 3.8) is 0 Å². The number of hydrogen-bond acceptors (Lipinski definition) is 2. The second kappa shape index (κ2) is 6.10. The van der Waals surface area contributed by atoms with Crippen molar-refractivity contribution in [1.29, 1.82) is 0 Å². The third-order valence-corrected chi connectivity index (χ3v) is 3.04. The van der Waals surface area contributed by atoms with Crippen LogP contribution in [0.25, 0.3) is 0 Å². The number of aliphatic hydroxyl groups is 1. The maximum atomic E-state index is 8.94. The van der Waals surface area contributed by atoms with E-state index in [-0.39, 0.29) is 6.61 Å². The Morgan fingerprint density at radius 2 is 1.61 bits per heavy atom. The molecule has 0 saturated heterocycles. The quantitative estimate of drug-likeness (QED) is 0.916. The number of rotatable bonds is 4. The molecule has 1 N–H and O–H groups in total. The SMILES string of the molecule is OCc1ccc(COc2cc(Cl)ccc2Cl)cc1. The predicted octanol–water partition coefficient (Wildman–Crippen LogP) is 4.06. The van der Waals surface area contributed by atoms with Gasteiger partial charge in [0.2, 0.25) is 0 Å². The first-order valence-electron chi connectivity index (χ1n) is 5.45. The van der Waals surface area contributed by atoms with Gasteiger partial charge in [0.25, 0.3) is 0 Å². The van der Waals surface area contributed by atoms with Crippen LogP contribution in [-0.2, 0) is 13.2 Å². The standard InChI is InChI=1S/C14H12Cl2O2/c15-12-5-6-13(16)14(7-12)18-9-11-3-1-10(8-17)2-4-11/h1-7,17H,8-9H2. The summed E-state index contributed by atoms with van der Waals surface area (Å²) in [6.45, 7) is 0.451. The summed E-state index contributed by atoms with van der Waals surface area (Å²) >= 11 is 11.9. The van der Waals surface area contributed by atoms with Gasteiger partial charge >= 0.3 is 0 Å². The second-order valence-electron chi connectivity index (χ2n) is 3.84. The Morgan fingerprint density at radius 3 is 2.28 bits per heavy atom. The number of benzene rings is 2. The normalized spacial score (nSPS) is 10.4. The predicted molar refractivity (Wildman–Crippen MR) is 73.2 cm³/mol. The molecule has 0 spiro atoms. The molecule has 2 rings (SSSR count). The first kappa shape index (κ1) is 13.2. The van der Waals surface area contributed by atoms with Gasteiger partial charge in [0.15, 0.2) is 0 Å². The molecule has 0 bridgehead atoms. The highest BCUT2D eigenvalue weighted by atomic mass is 35.5. The first-order valence-corrected chi connectivity index (χ1v) is 6.21. The molecule has 0 aliphatic carbocycles. The van der Waals surface area contributed by atoms with Gasteiger partial charge < -0.3 is 9.84 Å². The molecule has 0 aromatic heterocycles. The van der Waals surface area contributed by atoms with E-state index in [0.717, 1.165) is 11.1 Å². The zero-order chi connectivity index (χ0) is 13.0. The third-order valence-electron chi connectivity index (χ3n) is 2.49. The lowest BCUT2D eigenvalue weighted by atomic mass is 10.1. The summed E-state index contributed by atoms with van der Waals surface area (Å²) in [6.07, 6.45) is 0. The van der Waals surface area contributed by atoms with Crippen LogP contribution in [-0.4, -0.2) is 5.11 Å². The molecule has 0 amide bonds. The van der Waals surface area contributed by atoms with E-state index in [4.69, 9.17) is 33.0 Å². The van der Waals surface area contributed by atoms with E-state index in [1.165, 1.54) is 0 Å². The van der Waals surface area contributed by atoms with Crippen molar-refractivity contribution < 1.29 is 9.84 Å². The third kappa shape index (κ3) is 3.39. The van der Waals surface area contributed by atoms with Gasteiger partial charge in [-0.3, -0.25) is 0 Å². The van der Waals surface area contributed by atoms with E-state index < -0.39 is 0 Å². The van der Waals surface area contributed by atoms with Crippen LogP contribution >= 0.6 is 23.2 Å². The summed E-state index contributed by atoms with van der Waals surface area (Å²) in [6, 6.07) is 12.6. The highest BCUT2D eigenvalue weighted by Crippen LogP contribution is 2.28. The van der Waals surface area contributed by atoms with Crippen LogP contribution in [0.2, 0.25) is 10.0 Å². The van der Waals surface area contributed by atoms with Gasteiger partial charge in [-0.15, -0.1) is 0 Å². The van der Waals surface area contributed by atoms with Crippen LogP contribution in [0.5, 0.6) is 5.75 Å². The second-order valence-corrected chi connectivity index (χ2v) is 4.68. The summed E-state index contributed by atoms with van der Waals surface area (Å²) in [5.41, 5.74) is 1.88. The highest BCUT2D eigenvalue weighted by Gasteiger charge is 2.03. The monoisotopic (exact) mass is 282 g/mol. The van der Waals surface area contributed by atoms with Crippen LogP contribution in [0.15, 0.2) is 42.5 Å². The van der Waals surface area contributed by atoms with Crippen LogP contribution in [0.4, 0.5) is 0 Å². The minimum absolute atomic E-state index is 0.0429. The lowest BCUT2D eigenvalue weighted by Crippen LogP contribution is -1.96. The fourth-order valence-electron chi connectivity index (χ4n) is 1.49. The molecule has 0 fully saturated rings. The van der Waals surface area contributed by atoms with E-state index >= 15 is 0 Å². The van der Waals surface area contributed by atoms with Crippen molar-refractivity contribution in [3.05, 3.63) is 63.6 Å². The lowest BCUT2D eigenvalue weighted by Gasteiger charge is -2.08. The van der Waals surface area contributed by atoms with Crippen molar-refractivity contribution in [3.8, 4) is 5.75 Å². The van der Waals surface area contributed by atoms with Crippen molar-refractivity contribution in [1.82, 2.24) is 0 Å². The van der Waals surface area contributed by atoms with Crippen molar-refractivity contribution in [2.75, 3.05) is 0 Å². The minimum atomic E-state index is 0.0429. The van der Waals surface area contributed by atoms with Gasteiger partial charge in [-0.1, -0.05) is 47.5 Å². The Bertz CT molecular complexity index is 524. The van der Waals surface area contributed by atoms with Gasteiger partial charge in [-0.05, 0) is 23.3 Å². The molecule has 0 radical (unpaired) electrons. The summed E-state index contributed by atoms with van der Waals surface area (Å²) in [7, 11) is 0. The smallest absolute Gasteiger partial charge is 0.139 e. The van der Waals surface area contributed by atoms with Crippen LogP contribution in [0, 0.1) is 0 Å². The van der Waals surface area contributed by atoms with Crippen LogP contribution in [0.3, 0.4) is 0 Å². The molecule has 0 heterocycles. The fraction of sp³-hybridized carbons (Fsp3) is 0.143. The molecular formula is C14H12Cl2O2. The highest BCUT2D eigenvalue weighted by molar-refractivity contribution is 6.34. The largest absolute Gasteiger partial charge is 0.487 e. The van der Waals surface area contributed by atoms with Gasteiger partial charge in [0, 0.05) is 11.1 Å². The van der Waals surface area contributed by atoms with Crippen LogP contribution in [0.1, 0.15) is 11.1 Å². The van der Waals surface area contributed by atoms with Crippen LogP contribution < -0.4 is 4.74 Å². The maximum Gasteiger partial charge on any atom is 0.139 e. The van der Waals surface area contributed by atoms with E-state index in [1.807, 2.05) is 24.3 Å². The average molecular weight is 283 g/mol. The van der Waals surface area contributed by atoms with E-state index in [9.17, 15) is 0 Å². The molecule has 0 aliphatic rings. The fourth-order valence-corrected chi connectivity index (χ4v) is 1.82. The number of ether oxygens (including phenoxy) is 1. The number of aliphatic hydroxyl groups excluding tert-OH is 1. The van der Waals surface area contributed by atoms with Gasteiger partial charge in [0.1, 0.15) is 12.4 Å². The Labute approximate surface area is 116 Å². The molecule has 0 atom stereocenters. The molecule has 2 aromatic rings. The molecule has 2 nitrogen and oxygen atoms in total. The zero-order valence-electron chi connectivity index (χ0n) is 9.57. The summed E-state index contributed by atoms with van der Waals surface area (Å²) in [5, 5.41) is 10.1. The van der Waals surface area contributed by atoms with Gasteiger partial charge in [-0.25, -0.2) is 0 Å². The Hall–Kier alpha value is -1.22. The van der Waals surface area contributed by atoms with E-state index in [1.54, 1.807) is 18.2 Å². The Balaban J connectivity index is 2.04. The van der Waals surface area contributed by atoms with E-state index in [0.29, 0.717) is 22.4 Å². The Morgan fingerprint density at radius 1 is 0.944 bits per heavy atom. The molecule has 0 aliphatic heterocycles. The van der Waals surface area contributed by atoms with Crippen molar-refractivity contribution in [2.24, 2.45) is 0 Å². The molecule has 94 valence electrons. The average Bonchev–Trinajstić information content (AvgIpc) is 2.40. The molecule has 18 heavy (non-hydrogen) atoms. The first-order chi connectivity index (χ1) is 8.69. The van der Waals surface area contributed by atoms with Crippen molar-refractivity contribution in [2.45, 2.75) is 13.2 Å². The summed E-state index contributed by atoms with van der Waals surface area (Å²) in [4.78, 5) is 0. The number of halogens is 2. The van der Waals surface area contributed by atoms with Crippen molar-refractivity contribution >= 4 is 23.2 Å². The number of hydrogen-bond donors (Lipinski definition) is 1.